The third kappa shape index (κ3) is 3.71. The zero-order chi connectivity index (χ0) is 15.2. The van der Waals surface area contributed by atoms with Crippen LogP contribution in [0.1, 0.15) is 15.2 Å². The van der Waals surface area contributed by atoms with E-state index in [1.54, 1.807) is 12.2 Å². The Balaban J connectivity index is 1.73. The zero-order valence-electron chi connectivity index (χ0n) is 11.8. The maximum Gasteiger partial charge on any atom is 0.195 e. The second-order valence-corrected chi connectivity index (χ2v) is 5.61. The Morgan fingerprint density at radius 2 is 1.73 bits per heavy atom. The summed E-state index contributed by atoms with van der Waals surface area (Å²) in [6.45, 7) is 0. The van der Waals surface area contributed by atoms with Gasteiger partial charge < -0.3 is 4.74 Å². The first-order chi connectivity index (χ1) is 10.8. The van der Waals surface area contributed by atoms with Gasteiger partial charge in [0, 0.05) is 0 Å². The Labute approximate surface area is 133 Å². The van der Waals surface area contributed by atoms with Gasteiger partial charge in [-0.15, -0.1) is 11.3 Å². The molecule has 3 rings (SSSR count). The lowest BCUT2D eigenvalue weighted by Gasteiger charge is -2.05. The van der Waals surface area contributed by atoms with Gasteiger partial charge in [0.15, 0.2) is 5.78 Å². The summed E-state index contributed by atoms with van der Waals surface area (Å²) in [5, 5.41) is 1.90. The number of ether oxygens (including phenoxy) is 1. The number of hydrogen-bond acceptors (Lipinski definition) is 3. The topological polar surface area (TPSA) is 26.3 Å². The molecule has 0 unspecified atom stereocenters. The van der Waals surface area contributed by atoms with Crippen LogP contribution in [0.4, 0.5) is 0 Å². The van der Waals surface area contributed by atoms with Gasteiger partial charge in [0.05, 0.1) is 4.88 Å². The molecule has 3 heteroatoms. The molecule has 0 bridgehead atoms. The molecule has 22 heavy (non-hydrogen) atoms. The summed E-state index contributed by atoms with van der Waals surface area (Å²) >= 11 is 1.45. The number of ketones is 1. The van der Waals surface area contributed by atoms with E-state index in [-0.39, 0.29) is 5.78 Å². The van der Waals surface area contributed by atoms with Crippen LogP contribution in [-0.2, 0) is 0 Å². The quantitative estimate of drug-likeness (QED) is 0.463. The summed E-state index contributed by atoms with van der Waals surface area (Å²) in [6.07, 6.45) is 3.40. The number of allylic oxidation sites excluding steroid dienone is 1. The number of hydrogen-bond donors (Lipinski definition) is 0. The maximum atomic E-state index is 11.9. The van der Waals surface area contributed by atoms with Crippen LogP contribution >= 0.6 is 11.3 Å². The molecule has 0 saturated heterocycles. The largest absolute Gasteiger partial charge is 0.457 e. The van der Waals surface area contributed by atoms with Crippen LogP contribution in [0.25, 0.3) is 6.08 Å². The lowest BCUT2D eigenvalue weighted by Crippen LogP contribution is -1.89. The van der Waals surface area contributed by atoms with Gasteiger partial charge in [-0.25, -0.2) is 0 Å². The third-order valence-electron chi connectivity index (χ3n) is 3.03. The molecule has 0 radical (unpaired) electrons. The standard InChI is InChI=1S/C19H14O2S/c20-18(19-10-5-13-22-19)12-11-15-6-4-9-17(14-15)21-16-7-2-1-3-8-16/h1-14H. The van der Waals surface area contributed by atoms with Crippen LogP contribution in [0.15, 0.2) is 78.2 Å². The van der Waals surface area contributed by atoms with E-state index < -0.39 is 0 Å². The van der Waals surface area contributed by atoms with Crippen LogP contribution in [-0.4, -0.2) is 5.78 Å². The molecule has 0 spiro atoms. The molecule has 2 nitrogen and oxygen atoms in total. The van der Waals surface area contributed by atoms with E-state index in [9.17, 15) is 4.79 Å². The monoisotopic (exact) mass is 306 g/mol. The number of benzene rings is 2. The Bertz CT molecular complexity index is 774. The minimum atomic E-state index is 0.0179. The minimum Gasteiger partial charge on any atom is -0.457 e. The summed E-state index contributed by atoms with van der Waals surface area (Å²) in [4.78, 5) is 12.7. The fourth-order valence-electron chi connectivity index (χ4n) is 1.98. The molecule has 0 N–H and O–H groups in total. The van der Waals surface area contributed by atoms with Gasteiger partial charge in [-0.05, 0) is 47.4 Å². The van der Waals surface area contributed by atoms with Gasteiger partial charge in [-0.2, -0.15) is 0 Å². The fourth-order valence-corrected chi connectivity index (χ4v) is 2.62. The van der Waals surface area contributed by atoms with Crippen molar-refractivity contribution in [1.82, 2.24) is 0 Å². The lowest BCUT2D eigenvalue weighted by molar-refractivity contribution is 0.105. The average Bonchev–Trinajstić information content (AvgIpc) is 3.08. The molecule has 0 fully saturated rings. The third-order valence-corrected chi connectivity index (χ3v) is 3.91. The number of carbonyl (C=O) groups is 1. The van der Waals surface area contributed by atoms with Gasteiger partial charge in [0.1, 0.15) is 11.5 Å². The van der Waals surface area contributed by atoms with Gasteiger partial charge in [0.2, 0.25) is 0 Å². The number of rotatable bonds is 5. The van der Waals surface area contributed by atoms with Crippen molar-refractivity contribution in [2.75, 3.05) is 0 Å². The molecule has 0 aliphatic carbocycles. The van der Waals surface area contributed by atoms with Crippen molar-refractivity contribution < 1.29 is 9.53 Å². The SMILES string of the molecule is O=C(C=Cc1cccc(Oc2ccccc2)c1)c1cccs1. The minimum absolute atomic E-state index is 0.0179. The van der Waals surface area contributed by atoms with E-state index in [1.807, 2.05) is 72.1 Å². The molecule has 1 heterocycles. The van der Waals surface area contributed by atoms with E-state index in [2.05, 4.69) is 0 Å². The average molecular weight is 306 g/mol. The number of thiophene rings is 1. The molecule has 3 aromatic rings. The van der Waals surface area contributed by atoms with Crippen molar-refractivity contribution in [3.05, 3.63) is 88.6 Å². The molecule has 0 saturated carbocycles. The smallest absolute Gasteiger partial charge is 0.195 e. The molecule has 0 atom stereocenters. The molecule has 0 aliphatic rings. The Kier molecular flexibility index (Phi) is 4.47. The van der Waals surface area contributed by atoms with Crippen LogP contribution < -0.4 is 4.74 Å². The van der Waals surface area contributed by atoms with Gasteiger partial charge in [-0.1, -0.05) is 42.5 Å². The maximum absolute atomic E-state index is 11.9. The first-order valence-electron chi connectivity index (χ1n) is 6.90. The Morgan fingerprint density at radius 3 is 2.50 bits per heavy atom. The van der Waals surface area contributed by atoms with E-state index in [0.29, 0.717) is 0 Å². The van der Waals surface area contributed by atoms with E-state index in [1.165, 1.54) is 11.3 Å². The lowest BCUT2D eigenvalue weighted by atomic mass is 10.2. The normalized spacial score (nSPS) is 10.7. The number of para-hydroxylation sites is 1. The Hall–Kier alpha value is -2.65. The van der Waals surface area contributed by atoms with Gasteiger partial charge in [0.25, 0.3) is 0 Å². The van der Waals surface area contributed by atoms with Crippen LogP contribution in [0.3, 0.4) is 0 Å². The van der Waals surface area contributed by atoms with Crippen LogP contribution in [0, 0.1) is 0 Å². The zero-order valence-corrected chi connectivity index (χ0v) is 12.6. The molecule has 2 aromatic carbocycles. The van der Waals surface area contributed by atoms with Gasteiger partial charge >= 0.3 is 0 Å². The summed E-state index contributed by atoms with van der Waals surface area (Å²) in [5.41, 5.74) is 0.929. The molecule has 108 valence electrons. The molecular weight excluding hydrogens is 292 g/mol. The van der Waals surface area contributed by atoms with E-state index in [0.717, 1.165) is 21.9 Å². The van der Waals surface area contributed by atoms with E-state index >= 15 is 0 Å². The molecule has 0 amide bonds. The highest BCUT2D eigenvalue weighted by atomic mass is 32.1. The summed E-state index contributed by atoms with van der Waals surface area (Å²) in [6, 6.07) is 21.0. The van der Waals surface area contributed by atoms with Crippen LogP contribution in [0.5, 0.6) is 11.5 Å². The predicted molar refractivity (Wildman–Crippen MR) is 90.6 cm³/mol. The van der Waals surface area contributed by atoms with Crippen molar-refractivity contribution in [3.63, 3.8) is 0 Å². The first kappa shape index (κ1) is 14.3. The molecule has 0 aliphatic heterocycles. The Morgan fingerprint density at radius 1 is 0.909 bits per heavy atom. The van der Waals surface area contributed by atoms with Gasteiger partial charge in [-0.3, -0.25) is 4.79 Å². The van der Waals surface area contributed by atoms with Crippen molar-refractivity contribution in [3.8, 4) is 11.5 Å². The number of carbonyl (C=O) groups excluding carboxylic acids is 1. The highest BCUT2D eigenvalue weighted by Gasteiger charge is 2.02. The highest BCUT2D eigenvalue weighted by molar-refractivity contribution is 7.12. The van der Waals surface area contributed by atoms with Crippen molar-refractivity contribution in [1.29, 1.82) is 0 Å². The molecular formula is C19H14O2S. The molecule has 1 aromatic heterocycles. The highest BCUT2D eigenvalue weighted by Crippen LogP contribution is 2.22. The first-order valence-corrected chi connectivity index (χ1v) is 7.78. The van der Waals surface area contributed by atoms with Crippen molar-refractivity contribution >= 4 is 23.2 Å². The fraction of sp³-hybridized carbons (Fsp3) is 0. The summed E-state index contributed by atoms with van der Waals surface area (Å²) < 4.78 is 5.78. The second-order valence-electron chi connectivity index (χ2n) is 4.66. The second kappa shape index (κ2) is 6.87. The summed E-state index contributed by atoms with van der Waals surface area (Å²) in [7, 11) is 0. The van der Waals surface area contributed by atoms with Crippen molar-refractivity contribution in [2.24, 2.45) is 0 Å². The predicted octanol–water partition coefficient (Wildman–Crippen LogP) is 5.44. The van der Waals surface area contributed by atoms with Crippen molar-refractivity contribution in [2.45, 2.75) is 0 Å². The van der Waals surface area contributed by atoms with E-state index in [4.69, 9.17) is 4.74 Å². The summed E-state index contributed by atoms with van der Waals surface area (Å²) in [5.74, 6) is 1.56. The van der Waals surface area contributed by atoms with Crippen LogP contribution in [0.2, 0.25) is 0 Å².